The van der Waals surface area contributed by atoms with Gasteiger partial charge in [-0.15, -0.1) is 5.10 Å². The maximum atomic E-state index is 11.7. The quantitative estimate of drug-likeness (QED) is 0.704. The fourth-order valence-corrected chi connectivity index (χ4v) is 2.10. The Morgan fingerprint density at radius 3 is 3.05 bits per heavy atom. The van der Waals surface area contributed by atoms with Crippen LogP contribution in [0.5, 0.6) is 0 Å². The molecule has 0 radical (unpaired) electrons. The summed E-state index contributed by atoms with van der Waals surface area (Å²) in [6.45, 7) is 1.10. The number of nitrogens with one attached hydrogen (secondary N) is 2. The molecule has 0 aliphatic rings. The van der Waals surface area contributed by atoms with Crippen molar-refractivity contribution < 1.29 is 4.79 Å². The van der Waals surface area contributed by atoms with Gasteiger partial charge in [0.05, 0.1) is 23.8 Å². The first-order valence-corrected chi connectivity index (χ1v) is 6.86. The Morgan fingerprint density at radius 1 is 1.33 bits per heavy atom. The molecule has 2 heterocycles. The van der Waals surface area contributed by atoms with Crippen LogP contribution >= 0.6 is 0 Å². The maximum Gasteiger partial charge on any atom is 0.221 e. The highest BCUT2D eigenvalue weighted by molar-refractivity contribution is 5.76. The lowest BCUT2D eigenvalue weighted by Crippen LogP contribution is -2.26. The predicted molar refractivity (Wildman–Crippen MR) is 77.4 cm³/mol. The molecule has 0 unspecified atom stereocenters. The summed E-state index contributed by atoms with van der Waals surface area (Å²) < 4.78 is 1.64. The van der Waals surface area contributed by atoms with E-state index in [0.717, 1.165) is 16.9 Å². The lowest BCUT2D eigenvalue weighted by molar-refractivity contribution is -0.121. The normalized spacial score (nSPS) is 10.9. The third-order valence-electron chi connectivity index (χ3n) is 3.16. The minimum atomic E-state index is 0.00149. The number of amides is 1. The van der Waals surface area contributed by atoms with E-state index < -0.39 is 0 Å². The van der Waals surface area contributed by atoms with Gasteiger partial charge in [0.1, 0.15) is 5.82 Å². The van der Waals surface area contributed by atoms with Crippen LogP contribution in [0, 0.1) is 0 Å². The second-order valence-electron chi connectivity index (χ2n) is 4.72. The maximum absolute atomic E-state index is 11.7. The van der Waals surface area contributed by atoms with Gasteiger partial charge in [-0.25, -0.2) is 4.98 Å². The molecular formula is C14H16N6O. The molecule has 0 spiro atoms. The van der Waals surface area contributed by atoms with Gasteiger partial charge in [0.2, 0.25) is 5.91 Å². The van der Waals surface area contributed by atoms with Gasteiger partial charge in [0.15, 0.2) is 0 Å². The molecule has 0 saturated carbocycles. The molecule has 3 rings (SSSR count). The Balaban J connectivity index is 1.44. The summed E-state index contributed by atoms with van der Waals surface area (Å²) in [5, 5.41) is 10.4. The number of para-hydroxylation sites is 2. The van der Waals surface area contributed by atoms with Crippen molar-refractivity contribution in [2.45, 2.75) is 19.4 Å². The Kier molecular flexibility index (Phi) is 3.90. The monoisotopic (exact) mass is 284 g/mol. The summed E-state index contributed by atoms with van der Waals surface area (Å²) in [7, 11) is 0. The van der Waals surface area contributed by atoms with Gasteiger partial charge in [-0.2, -0.15) is 0 Å². The first-order chi connectivity index (χ1) is 10.3. The average molecular weight is 284 g/mol. The summed E-state index contributed by atoms with van der Waals surface area (Å²) in [6.07, 6.45) is 4.41. The molecule has 7 heteroatoms. The van der Waals surface area contributed by atoms with Gasteiger partial charge in [-0.1, -0.05) is 17.3 Å². The number of aryl methyl sites for hydroxylation is 1. The molecule has 7 nitrogen and oxygen atoms in total. The summed E-state index contributed by atoms with van der Waals surface area (Å²) in [6, 6.07) is 7.88. The number of hydrogen-bond acceptors (Lipinski definition) is 4. The zero-order valence-electron chi connectivity index (χ0n) is 11.5. The van der Waals surface area contributed by atoms with Crippen molar-refractivity contribution in [2.75, 3.05) is 6.54 Å². The van der Waals surface area contributed by atoms with E-state index in [0.29, 0.717) is 25.9 Å². The minimum Gasteiger partial charge on any atom is -0.356 e. The number of fused-ring (bicyclic) bond motifs is 1. The number of aromatic amines is 1. The number of imidazole rings is 1. The first kappa shape index (κ1) is 13.3. The molecule has 0 saturated heterocycles. The fraction of sp³-hybridized carbons (Fsp3) is 0.286. The standard InChI is InChI=1S/C14H16N6O/c21-14(6-9-20-10-8-16-19-20)15-7-5-13-17-11-3-1-2-4-12(11)18-13/h1-4,8,10H,5-7,9H2,(H,15,21)(H,17,18). The van der Waals surface area contributed by atoms with Gasteiger partial charge < -0.3 is 10.3 Å². The van der Waals surface area contributed by atoms with E-state index in [9.17, 15) is 4.79 Å². The van der Waals surface area contributed by atoms with E-state index in [4.69, 9.17) is 0 Å². The molecule has 2 aromatic heterocycles. The molecule has 0 atom stereocenters. The number of benzene rings is 1. The molecule has 21 heavy (non-hydrogen) atoms. The minimum absolute atomic E-state index is 0.00149. The Bertz CT molecular complexity index is 685. The zero-order chi connectivity index (χ0) is 14.5. The number of H-pyrrole nitrogens is 1. The lowest BCUT2D eigenvalue weighted by atomic mass is 10.3. The van der Waals surface area contributed by atoms with Crippen LogP contribution in [0.25, 0.3) is 11.0 Å². The van der Waals surface area contributed by atoms with Crippen molar-refractivity contribution in [3.05, 3.63) is 42.5 Å². The number of aromatic nitrogens is 5. The third kappa shape index (κ3) is 3.44. The van der Waals surface area contributed by atoms with E-state index in [1.807, 2.05) is 24.3 Å². The van der Waals surface area contributed by atoms with E-state index in [2.05, 4.69) is 25.6 Å². The molecule has 1 amide bonds. The van der Waals surface area contributed by atoms with Gasteiger partial charge in [-0.05, 0) is 12.1 Å². The fourth-order valence-electron chi connectivity index (χ4n) is 2.10. The Morgan fingerprint density at radius 2 is 2.24 bits per heavy atom. The molecule has 0 bridgehead atoms. The topological polar surface area (TPSA) is 88.5 Å². The van der Waals surface area contributed by atoms with Crippen LogP contribution < -0.4 is 5.32 Å². The van der Waals surface area contributed by atoms with Crippen molar-refractivity contribution in [1.29, 1.82) is 0 Å². The first-order valence-electron chi connectivity index (χ1n) is 6.86. The number of rotatable bonds is 6. The SMILES string of the molecule is O=C(CCn1ccnn1)NCCc1nc2ccccc2[nH]1. The van der Waals surface area contributed by atoms with Crippen molar-refractivity contribution in [3.63, 3.8) is 0 Å². The highest BCUT2D eigenvalue weighted by Crippen LogP contribution is 2.10. The van der Waals surface area contributed by atoms with E-state index in [-0.39, 0.29) is 5.91 Å². The zero-order valence-corrected chi connectivity index (χ0v) is 11.5. The molecule has 1 aromatic carbocycles. The van der Waals surface area contributed by atoms with Gasteiger partial charge >= 0.3 is 0 Å². The number of carbonyl (C=O) groups is 1. The predicted octanol–water partition coefficient (Wildman–Crippen LogP) is 0.903. The van der Waals surface area contributed by atoms with Gasteiger partial charge in [0.25, 0.3) is 0 Å². The van der Waals surface area contributed by atoms with Crippen LogP contribution in [-0.2, 0) is 17.8 Å². The average Bonchev–Trinajstić information content (AvgIpc) is 3.14. The van der Waals surface area contributed by atoms with E-state index in [1.165, 1.54) is 0 Å². The number of hydrogen-bond donors (Lipinski definition) is 2. The molecular weight excluding hydrogens is 268 g/mol. The summed E-state index contributed by atoms with van der Waals surface area (Å²) in [4.78, 5) is 19.4. The smallest absolute Gasteiger partial charge is 0.221 e. The van der Waals surface area contributed by atoms with Crippen molar-refractivity contribution in [2.24, 2.45) is 0 Å². The van der Waals surface area contributed by atoms with Crippen LogP contribution in [-0.4, -0.2) is 37.4 Å². The van der Waals surface area contributed by atoms with Crippen molar-refractivity contribution in [1.82, 2.24) is 30.3 Å². The van der Waals surface area contributed by atoms with Gasteiger partial charge in [-0.3, -0.25) is 9.48 Å². The van der Waals surface area contributed by atoms with Crippen LogP contribution in [0.2, 0.25) is 0 Å². The molecule has 0 aliphatic carbocycles. The van der Waals surface area contributed by atoms with Crippen LogP contribution in [0.15, 0.2) is 36.7 Å². The van der Waals surface area contributed by atoms with Crippen molar-refractivity contribution >= 4 is 16.9 Å². The summed E-state index contributed by atoms with van der Waals surface area (Å²) in [5.74, 6) is 0.884. The van der Waals surface area contributed by atoms with E-state index in [1.54, 1.807) is 17.1 Å². The number of nitrogens with zero attached hydrogens (tertiary/aromatic N) is 4. The lowest BCUT2D eigenvalue weighted by Gasteiger charge is -2.03. The van der Waals surface area contributed by atoms with Gasteiger partial charge in [0, 0.05) is 25.6 Å². The summed E-state index contributed by atoms with van der Waals surface area (Å²) >= 11 is 0. The largest absolute Gasteiger partial charge is 0.356 e. The Labute approximate surface area is 121 Å². The molecule has 2 N–H and O–H groups in total. The molecule has 3 aromatic rings. The highest BCUT2D eigenvalue weighted by atomic mass is 16.1. The van der Waals surface area contributed by atoms with Crippen LogP contribution in [0.4, 0.5) is 0 Å². The summed E-state index contributed by atoms with van der Waals surface area (Å²) in [5.41, 5.74) is 1.97. The number of carbonyl (C=O) groups excluding carboxylic acids is 1. The molecule has 0 aliphatic heterocycles. The van der Waals surface area contributed by atoms with Crippen molar-refractivity contribution in [3.8, 4) is 0 Å². The van der Waals surface area contributed by atoms with Crippen LogP contribution in [0.3, 0.4) is 0 Å². The molecule has 0 fully saturated rings. The molecule has 108 valence electrons. The third-order valence-corrected chi connectivity index (χ3v) is 3.16. The second kappa shape index (κ2) is 6.17. The van der Waals surface area contributed by atoms with Crippen LogP contribution in [0.1, 0.15) is 12.2 Å². The Hall–Kier alpha value is -2.70. The second-order valence-corrected chi connectivity index (χ2v) is 4.72. The highest BCUT2D eigenvalue weighted by Gasteiger charge is 2.04. The van der Waals surface area contributed by atoms with E-state index >= 15 is 0 Å².